The second kappa shape index (κ2) is 11.2. The first-order chi connectivity index (χ1) is 19.9. The maximum absolute atomic E-state index is 13.8. The van der Waals surface area contributed by atoms with Gasteiger partial charge in [0.25, 0.3) is 0 Å². The molecule has 6 rings (SSSR count). The number of nitrogens with zero attached hydrogens (tertiary/aromatic N) is 3. The maximum Gasteiger partial charge on any atom is 0.337 e. The Bertz CT molecular complexity index is 1550. The highest BCUT2D eigenvalue weighted by Crippen LogP contribution is 2.38. The van der Waals surface area contributed by atoms with Crippen molar-refractivity contribution in [1.29, 1.82) is 0 Å². The molecule has 10 heteroatoms. The van der Waals surface area contributed by atoms with Crippen LogP contribution in [0.2, 0.25) is 0 Å². The van der Waals surface area contributed by atoms with Crippen molar-refractivity contribution in [3.8, 4) is 0 Å². The Kier molecular flexibility index (Phi) is 7.34. The molecule has 9 nitrogen and oxygen atoms in total. The number of rotatable bonds is 6. The van der Waals surface area contributed by atoms with Gasteiger partial charge in [-0.05, 0) is 65.6 Å². The van der Waals surface area contributed by atoms with Crippen LogP contribution in [-0.4, -0.2) is 74.9 Å². The molecule has 41 heavy (non-hydrogen) atoms. The number of fused-ring (bicyclic) bond motifs is 2. The molecule has 1 saturated heterocycles. The van der Waals surface area contributed by atoms with E-state index in [1.807, 2.05) is 23.1 Å². The summed E-state index contributed by atoms with van der Waals surface area (Å²) in [4.78, 5) is 47.2. The summed E-state index contributed by atoms with van der Waals surface area (Å²) in [5, 5.41) is 2.85. The van der Waals surface area contributed by atoms with Gasteiger partial charge < -0.3 is 19.7 Å². The number of anilines is 2. The predicted octanol–water partition coefficient (Wildman–Crippen LogP) is 3.69. The number of amides is 2. The number of methoxy groups -OCH3 is 1. The number of nitrogens with one attached hydrogen (secondary N) is 1. The Balaban J connectivity index is 1.33. The molecular weight excluding hydrogens is 527 g/mol. The summed E-state index contributed by atoms with van der Waals surface area (Å²) >= 11 is 0. The molecule has 0 bridgehead atoms. The third-order valence-electron chi connectivity index (χ3n) is 7.69. The zero-order chi connectivity index (χ0) is 28.5. The molecule has 1 N–H and O–H groups in total. The van der Waals surface area contributed by atoms with Gasteiger partial charge in [0.15, 0.2) is 0 Å². The highest BCUT2D eigenvalue weighted by molar-refractivity contribution is 6.24. The van der Waals surface area contributed by atoms with Crippen molar-refractivity contribution in [3.63, 3.8) is 0 Å². The molecular formula is C31H29FN4O5. The summed E-state index contributed by atoms with van der Waals surface area (Å²) in [6, 6.07) is 16.4. The third-order valence-corrected chi connectivity index (χ3v) is 7.69. The van der Waals surface area contributed by atoms with Crippen molar-refractivity contribution in [2.24, 2.45) is 4.99 Å². The van der Waals surface area contributed by atoms with Gasteiger partial charge in [0.05, 0.1) is 43.8 Å². The second-order valence-corrected chi connectivity index (χ2v) is 10.2. The molecule has 0 aromatic heterocycles. The van der Waals surface area contributed by atoms with Crippen molar-refractivity contribution >= 4 is 40.6 Å². The van der Waals surface area contributed by atoms with E-state index in [0.29, 0.717) is 66.5 Å². The molecule has 1 unspecified atom stereocenters. The van der Waals surface area contributed by atoms with Crippen LogP contribution in [0.15, 0.2) is 65.7 Å². The number of hydrogen-bond donors (Lipinski definition) is 1. The van der Waals surface area contributed by atoms with E-state index in [1.54, 1.807) is 30.3 Å². The number of esters is 1. The van der Waals surface area contributed by atoms with E-state index in [1.165, 1.54) is 19.2 Å². The lowest BCUT2D eigenvalue weighted by molar-refractivity contribution is -0.120. The normalized spacial score (nSPS) is 18.6. The van der Waals surface area contributed by atoms with Crippen LogP contribution in [0.1, 0.15) is 33.0 Å². The summed E-state index contributed by atoms with van der Waals surface area (Å²) in [6.45, 7) is 3.71. The van der Waals surface area contributed by atoms with E-state index in [-0.39, 0.29) is 11.8 Å². The lowest BCUT2D eigenvalue weighted by atomic mass is 9.90. The number of carbonyl (C=O) groups excluding carboxylic acids is 3. The number of halogens is 1. The standard InChI is InChI=1S/C31H29FN4O5/c1-40-31(39)21-4-8-24-25(17-21)34-30(38)28(24)29(19-2-5-22(32)6-3-19)33-23-7-9-26-20(16-23)10-11-36(26)27(37)18-35-12-14-41-15-13-35/h2-9,16-17,28H,10-15,18H2,1H3,(H,34,38). The summed E-state index contributed by atoms with van der Waals surface area (Å²) < 4.78 is 24.0. The Morgan fingerprint density at radius 3 is 2.54 bits per heavy atom. The molecule has 3 aromatic rings. The van der Waals surface area contributed by atoms with Crippen molar-refractivity contribution < 1.29 is 28.2 Å². The SMILES string of the molecule is COC(=O)c1ccc2c(c1)NC(=O)C2C(=Nc1ccc2c(c1)CCN2C(=O)CN1CCOCC1)c1ccc(F)cc1. The minimum Gasteiger partial charge on any atom is -0.465 e. The fourth-order valence-corrected chi connectivity index (χ4v) is 5.59. The van der Waals surface area contributed by atoms with Crippen LogP contribution >= 0.6 is 0 Å². The zero-order valence-electron chi connectivity index (χ0n) is 22.6. The van der Waals surface area contributed by atoms with Gasteiger partial charge in [-0.2, -0.15) is 0 Å². The molecule has 0 radical (unpaired) electrons. The van der Waals surface area contributed by atoms with Gasteiger partial charge in [-0.15, -0.1) is 0 Å². The van der Waals surface area contributed by atoms with Gasteiger partial charge in [0.2, 0.25) is 11.8 Å². The highest BCUT2D eigenvalue weighted by atomic mass is 19.1. The molecule has 3 heterocycles. The smallest absolute Gasteiger partial charge is 0.337 e. The Hall–Kier alpha value is -4.41. The zero-order valence-corrected chi connectivity index (χ0v) is 22.6. The quantitative estimate of drug-likeness (QED) is 0.367. The maximum atomic E-state index is 13.8. The van der Waals surface area contributed by atoms with Crippen LogP contribution in [0.3, 0.4) is 0 Å². The summed E-state index contributed by atoms with van der Waals surface area (Å²) in [6.07, 6.45) is 0.697. The summed E-state index contributed by atoms with van der Waals surface area (Å²) in [5.41, 5.74) is 5.01. The van der Waals surface area contributed by atoms with Gasteiger partial charge in [-0.3, -0.25) is 19.5 Å². The molecule has 210 valence electrons. The first-order valence-electron chi connectivity index (χ1n) is 13.5. The highest BCUT2D eigenvalue weighted by Gasteiger charge is 2.36. The van der Waals surface area contributed by atoms with Gasteiger partial charge in [-0.25, -0.2) is 9.18 Å². The molecule has 3 aliphatic rings. The molecule has 3 aromatic carbocycles. The van der Waals surface area contributed by atoms with Crippen molar-refractivity contribution in [3.05, 3.63) is 88.7 Å². The molecule has 0 aliphatic carbocycles. The summed E-state index contributed by atoms with van der Waals surface area (Å²) in [7, 11) is 1.30. The van der Waals surface area contributed by atoms with Gasteiger partial charge in [0.1, 0.15) is 11.7 Å². The average molecular weight is 557 g/mol. The molecule has 0 saturated carbocycles. The van der Waals surface area contributed by atoms with E-state index in [9.17, 15) is 18.8 Å². The van der Waals surface area contributed by atoms with Crippen LogP contribution in [0.4, 0.5) is 21.5 Å². The van der Waals surface area contributed by atoms with Gasteiger partial charge in [0, 0.05) is 31.0 Å². The number of aliphatic imine (C=N–C) groups is 1. The first kappa shape index (κ1) is 26.8. The van der Waals surface area contributed by atoms with Crippen LogP contribution in [0, 0.1) is 5.82 Å². The Labute approximate surface area is 236 Å². The number of morpholine rings is 1. The Morgan fingerprint density at radius 1 is 1.02 bits per heavy atom. The fraction of sp³-hybridized carbons (Fsp3) is 0.290. The molecule has 1 fully saturated rings. The number of ether oxygens (including phenoxy) is 2. The van der Waals surface area contributed by atoms with Crippen LogP contribution in [0.5, 0.6) is 0 Å². The van der Waals surface area contributed by atoms with E-state index in [4.69, 9.17) is 14.5 Å². The van der Waals surface area contributed by atoms with Crippen molar-refractivity contribution in [1.82, 2.24) is 4.90 Å². The largest absolute Gasteiger partial charge is 0.465 e. The number of carbonyl (C=O) groups is 3. The van der Waals surface area contributed by atoms with Gasteiger partial charge in [-0.1, -0.05) is 18.2 Å². The van der Waals surface area contributed by atoms with E-state index >= 15 is 0 Å². The lowest BCUT2D eigenvalue weighted by Gasteiger charge is -2.28. The lowest BCUT2D eigenvalue weighted by Crippen LogP contribution is -2.44. The summed E-state index contributed by atoms with van der Waals surface area (Å²) in [5.74, 6) is -1.92. The molecule has 1 atom stereocenters. The molecule has 2 amide bonds. The topological polar surface area (TPSA) is 101 Å². The number of benzene rings is 3. The van der Waals surface area contributed by atoms with Crippen LogP contribution < -0.4 is 10.2 Å². The molecule has 0 spiro atoms. The molecule has 3 aliphatic heterocycles. The predicted molar refractivity (Wildman–Crippen MR) is 152 cm³/mol. The average Bonchev–Trinajstić information content (AvgIpc) is 3.56. The van der Waals surface area contributed by atoms with E-state index < -0.39 is 17.7 Å². The monoisotopic (exact) mass is 556 g/mol. The van der Waals surface area contributed by atoms with Crippen molar-refractivity contribution in [2.75, 3.05) is 56.7 Å². The van der Waals surface area contributed by atoms with Crippen LogP contribution in [-0.2, 0) is 25.5 Å². The number of hydrogen-bond acceptors (Lipinski definition) is 7. The van der Waals surface area contributed by atoms with Crippen LogP contribution in [0.25, 0.3) is 0 Å². The Morgan fingerprint density at radius 2 is 1.78 bits per heavy atom. The second-order valence-electron chi connectivity index (χ2n) is 10.2. The third kappa shape index (κ3) is 5.36. The minimum atomic E-state index is -0.776. The minimum absolute atomic E-state index is 0.0551. The fourth-order valence-electron chi connectivity index (χ4n) is 5.59. The van der Waals surface area contributed by atoms with E-state index in [2.05, 4.69) is 10.2 Å². The first-order valence-corrected chi connectivity index (χ1v) is 13.5. The van der Waals surface area contributed by atoms with Gasteiger partial charge >= 0.3 is 5.97 Å². The van der Waals surface area contributed by atoms with E-state index in [0.717, 1.165) is 24.3 Å². The van der Waals surface area contributed by atoms with Crippen molar-refractivity contribution in [2.45, 2.75) is 12.3 Å².